The second kappa shape index (κ2) is 5.57. The summed E-state index contributed by atoms with van der Waals surface area (Å²) in [5.74, 6) is 0.681. The van der Waals surface area contributed by atoms with Crippen LogP contribution >= 0.6 is 0 Å². The Kier molecular flexibility index (Phi) is 3.79. The molecule has 1 aliphatic heterocycles. The molecule has 2 aliphatic rings. The van der Waals surface area contributed by atoms with Gasteiger partial charge in [-0.1, -0.05) is 23.8 Å². The molecule has 0 unspecified atom stereocenters. The van der Waals surface area contributed by atoms with Gasteiger partial charge in [0, 0.05) is 25.0 Å². The molecule has 0 radical (unpaired) electrons. The van der Waals surface area contributed by atoms with Gasteiger partial charge in [0.1, 0.15) is 0 Å². The van der Waals surface area contributed by atoms with Gasteiger partial charge in [0.2, 0.25) is 5.91 Å². The van der Waals surface area contributed by atoms with Crippen molar-refractivity contribution in [2.45, 2.75) is 45.7 Å². The molecule has 1 heterocycles. The number of carbonyl (C=O) groups is 1. The Morgan fingerprint density at radius 1 is 1.30 bits per heavy atom. The molecule has 1 saturated carbocycles. The molecule has 0 spiro atoms. The zero-order chi connectivity index (χ0) is 14.1. The van der Waals surface area contributed by atoms with Crippen molar-refractivity contribution in [3.05, 3.63) is 34.9 Å². The first-order valence-electron chi connectivity index (χ1n) is 7.72. The number of rotatable bonds is 4. The van der Waals surface area contributed by atoms with Gasteiger partial charge in [-0.05, 0) is 50.8 Å². The molecule has 1 aromatic rings. The highest BCUT2D eigenvalue weighted by Gasteiger charge is 2.37. The summed E-state index contributed by atoms with van der Waals surface area (Å²) >= 11 is 0. The van der Waals surface area contributed by atoms with Gasteiger partial charge in [0.25, 0.3) is 0 Å². The molecule has 1 aliphatic carbocycles. The zero-order valence-electron chi connectivity index (χ0n) is 12.5. The van der Waals surface area contributed by atoms with Crippen LogP contribution in [0.3, 0.4) is 0 Å². The van der Waals surface area contributed by atoms with Crippen molar-refractivity contribution in [2.24, 2.45) is 5.92 Å². The standard InChI is InChI=1S/C17H24N2O/c1-12-3-4-15(13(2)9-12)11-19(16-7-8-18-10-16)17(20)14-5-6-14/h3-4,9,14,16,18H,5-8,10-11H2,1-2H3/t16-/m0/s1. The lowest BCUT2D eigenvalue weighted by atomic mass is 10.0. The normalized spacial score (nSPS) is 22.0. The van der Waals surface area contributed by atoms with E-state index in [0.717, 1.165) is 38.9 Å². The van der Waals surface area contributed by atoms with E-state index in [1.807, 2.05) is 0 Å². The number of benzene rings is 1. The van der Waals surface area contributed by atoms with Crippen LogP contribution in [0.2, 0.25) is 0 Å². The Morgan fingerprint density at radius 2 is 2.10 bits per heavy atom. The summed E-state index contributed by atoms with van der Waals surface area (Å²) in [7, 11) is 0. The Labute approximate surface area is 121 Å². The minimum atomic E-state index is 0.307. The van der Waals surface area contributed by atoms with Crippen molar-refractivity contribution >= 4 is 5.91 Å². The third-order valence-corrected chi connectivity index (χ3v) is 4.52. The van der Waals surface area contributed by atoms with Gasteiger partial charge >= 0.3 is 0 Å². The third kappa shape index (κ3) is 2.88. The maximum Gasteiger partial charge on any atom is 0.226 e. The van der Waals surface area contributed by atoms with E-state index in [2.05, 4.69) is 42.3 Å². The monoisotopic (exact) mass is 272 g/mol. The van der Waals surface area contributed by atoms with Crippen molar-refractivity contribution in [1.29, 1.82) is 0 Å². The number of nitrogens with zero attached hydrogens (tertiary/aromatic N) is 1. The van der Waals surface area contributed by atoms with Crippen LogP contribution in [-0.4, -0.2) is 29.9 Å². The van der Waals surface area contributed by atoms with Crippen LogP contribution in [0.4, 0.5) is 0 Å². The molecule has 3 heteroatoms. The van der Waals surface area contributed by atoms with E-state index in [1.54, 1.807) is 0 Å². The summed E-state index contributed by atoms with van der Waals surface area (Å²) in [5.41, 5.74) is 3.87. The van der Waals surface area contributed by atoms with Crippen molar-refractivity contribution in [3.8, 4) is 0 Å². The number of hydrogen-bond donors (Lipinski definition) is 1. The molecule has 2 fully saturated rings. The van der Waals surface area contributed by atoms with Gasteiger partial charge in [-0.2, -0.15) is 0 Å². The summed E-state index contributed by atoms with van der Waals surface area (Å²) in [6, 6.07) is 6.92. The van der Waals surface area contributed by atoms with E-state index in [-0.39, 0.29) is 0 Å². The minimum Gasteiger partial charge on any atom is -0.334 e. The Balaban J connectivity index is 1.79. The summed E-state index contributed by atoms with van der Waals surface area (Å²) in [4.78, 5) is 14.7. The molecule has 1 aromatic carbocycles. The van der Waals surface area contributed by atoms with E-state index in [9.17, 15) is 4.79 Å². The van der Waals surface area contributed by atoms with Crippen LogP contribution in [-0.2, 0) is 11.3 Å². The third-order valence-electron chi connectivity index (χ3n) is 4.52. The van der Waals surface area contributed by atoms with Gasteiger partial charge in [-0.15, -0.1) is 0 Å². The Hall–Kier alpha value is -1.35. The SMILES string of the molecule is Cc1ccc(CN(C(=O)C2CC2)[C@H]2CCNC2)c(C)c1. The molecule has 3 rings (SSSR count). The van der Waals surface area contributed by atoms with Gasteiger partial charge in [-0.25, -0.2) is 0 Å². The number of carbonyl (C=O) groups excluding carboxylic acids is 1. The molecule has 1 N–H and O–H groups in total. The molecule has 1 atom stereocenters. The average molecular weight is 272 g/mol. The highest BCUT2D eigenvalue weighted by atomic mass is 16.2. The van der Waals surface area contributed by atoms with Crippen molar-refractivity contribution in [1.82, 2.24) is 10.2 Å². The lowest BCUT2D eigenvalue weighted by Gasteiger charge is -2.29. The summed E-state index contributed by atoms with van der Waals surface area (Å²) in [6.07, 6.45) is 3.26. The first kappa shape index (κ1) is 13.6. The van der Waals surface area contributed by atoms with Crippen LogP contribution < -0.4 is 5.32 Å². The molecular formula is C17H24N2O. The first-order valence-corrected chi connectivity index (χ1v) is 7.72. The number of nitrogens with one attached hydrogen (secondary N) is 1. The first-order chi connectivity index (χ1) is 9.65. The largest absolute Gasteiger partial charge is 0.334 e. The molecule has 0 aromatic heterocycles. The molecule has 0 bridgehead atoms. The van der Waals surface area contributed by atoms with E-state index in [0.29, 0.717) is 17.9 Å². The maximum atomic E-state index is 12.6. The molecule has 3 nitrogen and oxygen atoms in total. The number of hydrogen-bond acceptors (Lipinski definition) is 2. The number of amides is 1. The van der Waals surface area contributed by atoms with Crippen molar-refractivity contribution < 1.29 is 4.79 Å². The molecular weight excluding hydrogens is 248 g/mol. The highest BCUT2D eigenvalue weighted by Crippen LogP contribution is 2.33. The molecule has 108 valence electrons. The summed E-state index contributed by atoms with van der Waals surface area (Å²) in [6.45, 7) is 7.02. The smallest absolute Gasteiger partial charge is 0.226 e. The van der Waals surface area contributed by atoms with Gasteiger partial charge in [0.15, 0.2) is 0 Å². The molecule has 1 saturated heterocycles. The van der Waals surface area contributed by atoms with E-state index >= 15 is 0 Å². The Bertz CT molecular complexity index is 502. The predicted octanol–water partition coefficient (Wildman–Crippen LogP) is 2.40. The van der Waals surface area contributed by atoms with E-state index < -0.39 is 0 Å². The second-order valence-corrected chi connectivity index (χ2v) is 6.32. The summed E-state index contributed by atoms with van der Waals surface area (Å²) in [5, 5.41) is 3.38. The van der Waals surface area contributed by atoms with Crippen LogP contribution in [0.15, 0.2) is 18.2 Å². The van der Waals surface area contributed by atoms with E-state index in [1.165, 1.54) is 16.7 Å². The average Bonchev–Trinajstić information content (AvgIpc) is 3.14. The fourth-order valence-corrected chi connectivity index (χ4v) is 3.06. The van der Waals surface area contributed by atoms with E-state index in [4.69, 9.17) is 0 Å². The van der Waals surface area contributed by atoms with Gasteiger partial charge < -0.3 is 10.2 Å². The van der Waals surface area contributed by atoms with Gasteiger partial charge in [-0.3, -0.25) is 4.79 Å². The fraction of sp³-hybridized carbons (Fsp3) is 0.588. The minimum absolute atomic E-state index is 0.307. The second-order valence-electron chi connectivity index (χ2n) is 6.32. The maximum absolute atomic E-state index is 12.6. The van der Waals surface area contributed by atoms with Crippen LogP contribution in [0.25, 0.3) is 0 Å². The lowest BCUT2D eigenvalue weighted by Crippen LogP contribution is -2.42. The fourth-order valence-electron chi connectivity index (χ4n) is 3.06. The molecule has 1 amide bonds. The molecule has 20 heavy (non-hydrogen) atoms. The zero-order valence-corrected chi connectivity index (χ0v) is 12.5. The van der Waals surface area contributed by atoms with Crippen molar-refractivity contribution in [3.63, 3.8) is 0 Å². The van der Waals surface area contributed by atoms with Crippen LogP contribution in [0.5, 0.6) is 0 Å². The lowest BCUT2D eigenvalue weighted by molar-refractivity contribution is -0.135. The highest BCUT2D eigenvalue weighted by molar-refractivity contribution is 5.81. The number of aryl methyl sites for hydroxylation is 2. The topological polar surface area (TPSA) is 32.3 Å². The van der Waals surface area contributed by atoms with Crippen LogP contribution in [0, 0.1) is 19.8 Å². The van der Waals surface area contributed by atoms with Crippen molar-refractivity contribution in [2.75, 3.05) is 13.1 Å². The van der Waals surface area contributed by atoms with Crippen LogP contribution in [0.1, 0.15) is 36.0 Å². The summed E-state index contributed by atoms with van der Waals surface area (Å²) < 4.78 is 0. The van der Waals surface area contributed by atoms with Gasteiger partial charge in [0.05, 0.1) is 0 Å². The Morgan fingerprint density at radius 3 is 2.70 bits per heavy atom. The predicted molar refractivity (Wildman–Crippen MR) is 80.5 cm³/mol. The quantitative estimate of drug-likeness (QED) is 0.913.